The number of carboxylic acid groups (broad SMARTS) is 2. The van der Waals surface area contributed by atoms with Gasteiger partial charge < -0.3 is 20.1 Å². The van der Waals surface area contributed by atoms with Gasteiger partial charge >= 0.3 is 43.7 Å². The van der Waals surface area contributed by atoms with E-state index in [9.17, 15) is 24.6 Å². The van der Waals surface area contributed by atoms with Crippen LogP contribution in [0.2, 0.25) is 0 Å². The van der Waals surface area contributed by atoms with E-state index in [-0.39, 0.29) is 37.7 Å². The van der Waals surface area contributed by atoms with Gasteiger partial charge in [-0.25, -0.2) is 10.2 Å². The number of benzene rings is 4. The average Bonchev–Trinajstić information content (AvgIpc) is 3.05. The van der Waals surface area contributed by atoms with Crippen molar-refractivity contribution in [1.29, 1.82) is 0 Å². The first-order chi connectivity index (χ1) is 21.3. The fourth-order valence-corrected chi connectivity index (χ4v) is 3.53. The topological polar surface area (TPSA) is 167 Å². The summed E-state index contributed by atoms with van der Waals surface area (Å²) in [6, 6.07) is 37.4. The Morgan fingerprint density at radius 1 is 0.556 bits per heavy atom. The zero-order valence-corrected chi connectivity index (χ0v) is 26.1. The summed E-state index contributed by atoms with van der Waals surface area (Å²) in [5, 5.41) is 41.8. The summed E-state index contributed by atoms with van der Waals surface area (Å²) in [7, 11) is 0. The molecule has 0 saturated carbocycles. The monoisotopic (exact) mass is 626 g/mol. The molecule has 0 unspecified atom stereocenters. The van der Waals surface area contributed by atoms with Crippen molar-refractivity contribution < 1.29 is 29.7 Å². The molecule has 4 aromatic carbocycles. The Morgan fingerprint density at radius 2 is 0.956 bits per heavy atom. The van der Waals surface area contributed by atoms with Crippen molar-refractivity contribution in [2.45, 2.75) is 0 Å². The number of nitrogens with one attached hydrogen (secondary N) is 1. The zero-order chi connectivity index (χ0) is 31.6. The number of hydrogen-bond donors (Lipinski definition) is 2. The third kappa shape index (κ3) is 13.3. The normalized spacial score (nSPS) is 10.5. The van der Waals surface area contributed by atoms with Crippen molar-refractivity contribution in [3.8, 4) is 0 Å². The van der Waals surface area contributed by atoms with Crippen molar-refractivity contribution >= 4 is 72.9 Å². The van der Waals surface area contributed by atoms with E-state index in [0.717, 1.165) is 40.5 Å². The predicted octanol–water partition coefficient (Wildman–Crippen LogP) is 2.32. The molecule has 0 spiro atoms. The smallest absolute Gasteiger partial charge is 0.857 e. The quantitative estimate of drug-likeness (QED) is 0.0901. The number of hydrogen-bond acceptors (Lipinski definition) is 8. The third-order valence-electron chi connectivity index (χ3n) is 5.45. The first-order valence-electron chi connectivity index (χ1n) is 13.1. The van der Waals surface area contributed by atoms with Crippen LogP contribution in [0.25, 0.3) is 0 Å². The number of amides is 1. The van der Waals surface area contributed by atoms with Gasteiger partial charge in [-0.2, -0.15) is 15.3 Å². The first-order valence-corrected chi connectivity index (χ1v) is 13.1. The second-order valence-electron chi connectivity index (χ2n) is 8.61. The maximum atomic E-state index is 11.5. The number of nitrogens with zero attached hydrogens (tertiary/aromatic N) is 3. The van der Waals surface area contributed by atoms with Gasteiger partial charge in [-0.05, 0) is 12.2 Å². The van der Waals surface area contributed by atoms with Crippen LogP contribution < -0.4 is 15.6 Å². The molecule has 1 amide bonds. The summed E-state index contributed by atoms with van der Waals surface area (Å²) >= 11 is 0. The summed E-state index contributed by atoms with van der Waals surface area (Å²) in [6.07, 6.45) is 3.09. The van der Waals surface area contributed by atoms with Crippen molar-refractivity contribution in [2.75, 3.05) is 0 Å². The van der Waals surface area contributed by atoms with Gasteiger partial charge in [0.1, 0.15) is 5.71 Å². The molecule has 220 valence electrons. The molecule has 0 saturated heterocycles. The molecular formula is C34H26CaN4O6. The van der Waals surface area contributed by atoms with E-state index < -0.39 is 23.7 Å². The van der Waals surface area contributed by atoms with Gasteiger partial charge in [0, 0.05) is 40.3 Å². The van der Waals surface area contributed by atoms with Crippen LogP contribution in [0.15, 0.2) is 161 Å². The van der Waals surface area contributed by atoms with Gasteiger partial charge in [0.2, 0.25) is 0 Å². The second kappa shape index (κ2) is 19.9. The molecule has 4 aromatic rings. The Kier molecular flexibility index (Phi) is 15.9. The summed E-state index contributed by atoms with van der Waals surface area (Å²) in [5.41, 5.74) is 6.74. The molecule has 0 radical (unpaired) electrons. The molecule has 0 aliphatic carbocycles. The number of carboxylic acids is 2. The standard InChI is InChI=1S/2C17H14N2O3.Ca/c2*20-15(11-12-16(21)22)18-19-17(13-7-3-1-4-8-13)14-9-5-2-6-10-14;/h2*1-12H,(H,18,20)(H,21,22);/q;;+2/p-2/b2*12-11-;. The van der Waals surface area contributed by atoms with Gasteiger partial charge in [0.05, 0.1) is 11.7 Å². The summed E-state index contributed by atoms with van der Waals surface area (Å²) in [5.74, 6) is -4.02. The molecule has 11 heteroatoms. The molecule has 0 bridgehead atoms. The Balaban J connectivity index is 0.000000307. The largest absolute Gasteiger partial charge is 2.00 e. The van der Waals surface area contributed by atoms with Crippen LogP contribution in [0.1, 0.15) is 22.3 Å². The van der Waals surface area contributed by atoms with Crippen LogP contribution in [0.5, 0.6) is 0 Å². The molecule has 2 N–H and O–H groups in total. The Labute approximate surface area is 289 Å². The molecule has 45 heavy (non-hydrogen) atoms. The first kappa shape index (κ1) is 36.0. The van der Waals surface area contributed by atoms with Crippen LogP contribution >= 0.6 is 0 Å². The number of carbonyl (C=O) groups excluding carboxylic acids is 2. The maximum Gasteiger partial charge on any atom is 2.00 e. The van der Waals surface area contributed by atoms with Gasteiger partial charge in [-0.1, -0.05) is 121 Å². The van der Waals surface area contributed by atoms with Crippen molar-refractivity contribution in [2.24, 2.45) is 15.3 Å². The second-order valence-corrected chi connectivity index (χ2v) is 8.61. The number of hydrazone groups is 1. The van der Waals surface area contributed by atoms with Crippen molar-refractivity contribution in [1.82, 2.24) is 5.43 Å². The fourth-order valence-electron chi connectivity index (χ4n) is 3.53. The van der Waals surface area contributed by atoms with Crippen LogP contribution in [-0.2, 0) is 14.4 Å². The van der Waals surface area contributed by atoms with E-state index in [4.69, 9.17) is 5.11 Å². The maximum absolute atomic E-state index is 11.5. The summed E-state index contributed by atoms with van der Waals surface area (Å²) in [6.45, 7) is 0. The molecule has 10 nitrogen and oxygen atoms in total. The van der Waals surface area contributed by atoms with Crippen molar-refractivity contribution in [3.05, 3.63) is 168 Å². The van der Waals surface area contributed by atoms with E-state index in [1.807, 2.05) is 121 Å². The molecule has 0 aromatic heterocycles. The van der Waals surface area contributed by atoms with E-state index in [2.05, 4.69) is 20.7 Å². The van der Waals surface area contributed by atoms with E-state index in [0.29, 0.717) is 17.5 Å². The van der Waals surface area contributed by atoms with Gasteiger partial charge in [-0.15, -0.1) is 0 Å². The number of rotatable bonds is 10. The van der Waals surface area contributed by atoms with E-state index in [1.54, 1.807) is 0 Å². The molecule has 0 heterocycles. The van der Waals surface area contributed by atoms with Gasteiger partial charge in [-0.3, -0.25) is 4.79 Å². The summed E-state index contributed by atoms with van der Waals surface area (Å²) in [4.78, 5) is 32.2. The van der Waals surface area contributed by atoms with Crippen LogP contribution in [0.4, 0.5) is 0 Å². The van der Waals surface area contributed by atoms with Crippen LogP contribution in [0, 0.1) is 0 Å². The van der Waals surface area contributed by atoms with Crippen molar-refractivity contribution in [3.63, 3.8) is 0 Å². The van der Waals surface area contributed by atoms with Crippen LogP contribution in [-0.4, -0.2) is 78.0 Å². The molecule has 0 aliphatic heterocycles. The molecule has 0 fully saturated rings. The minimum Gasteiger partial charge on any atom is -0.857 e. The number of carbonyl (C=O) groups is 3. The number of aliphatic carboxylic acids is 2. The fraction of sp³-hybridized carbons (Fsp3) is 0. The third-order valence-corrected chi connectivity index (χ3v) is 5.45. The SMILES string of the molecule is O=C(O)/C=C\C(=O)NN=C(c1ccccc1)c1ccccc1.O=C([O-])/C=C\C([O-])=NN=C(c1ccccc1)c1ccccc1.[Ca+2]. The van der Waals surface area contributed by atoms with Gasteiger partial charge in [0.15, 0.2) is 0 Å². The summed E-state index contributed by atoms with van der Waals surface area (Å²) < 4.78 is 0. The Hall–Kier alpha value is -5.16. The molecule has 4 rings (SSSR count). The molecular weight excluding hydrogens is 600 g/mol. The Morgan fingerprint density at radius 3 is 1.33 bits per heavy atom. The van der Waals surface area contributed by atoms with Gasteiger partial charge in [0.25, 0.3) is 5.91 Å². The minimum atomic E-state index is -1.46. The Bertz CT molecular complexity index is 1610. The predicted molar refractivity (Wildman–Crippen MR) is 169 cm³/mol. The average molecular weight is 627 g/mol. The minimum absolute atomic E-state index is 0. The molecule has 0 aliphatic rings. The van der Waals surface area contributed by atoms with E-state index >= 15 is 0 Å². The van der Waals surface area contributed by atoms with Crippen LogP contribution in [0.3, 0.4) is 0 Å². The molecule has 0 atom stereocenters. The zero-order valence-electron chi connectivity index (χ0n) is 23.9. The van der Waals surface area contributed by atoms with E-state index in [1.165, 1.54) is 0 Å².